The van der Waals surface area contributed by atoms with Gasteiger partial charge in [-0.1, -0.05) is 138 Å². The minimum absolute atomic E-state index is 0. The molecule has 143 heavy (non-hydrogen) atoms. The molecule has 12 fully saturated rings. The molecule has 24 atom stereocenters. The Labute approximate surface area is 850 Å². The van der Waals surface area contributed by atoms with E-state index >= 15 is 0 Å². The Kier molecular flexibility index (Phi) is 38.2. The first-order valence-electron chi connectivity index (χ1n) is 51.3. The molecule has 0 spiro atoms. The molecular formula is C112H169N15O16. The summed E-state index contributed by atoms with van der Waals surface area (Å²) in [7, 11) is 21.4. The Morgan fingerprint density at radius 2 is 0.706 bits per heavy atom. The van der Waals surface area contributed by atoms with E-state index < -0.39 is 60.3 Å². The van der Waals surface area contributed by atoms with E-state index in [-0.39, 0.29) is 99.4 Å². The van der Waals surface area contributed by atoms with Crippen molar-refractivity contribution in [1.29, 1.82) is 0 Å². The van der Waals surface area contributed by atoms with Crippen molar-refractivity contribution in [3.63, 3.8) is 0 Å². The molecule has 0 unspecified atom stereocenters. The highest BCUT2D eigenvalue weighted by atomic mass is 16.7. The first-order chi connectivity index (χ1) is 67.4. The van der Waals surface area contributed by atoms with Gasteiger partial charge in [0.25, 0.3) is 17.7 Å². The number of aldehydes is 1. The quantitative estimate of drug-likeness (QED) is 0.0167. The summed E-state index contributed by atoms with van der Waals surface area (Å²) in [6, 6.07) is 33.0. The summed E-state index contributed by atoms with van der Waals surface area (Å²) in [5.74, 6) is 4.40. The second-order valence-electron chi connectivity index (χ2n) is 43.5. The number of para-hydroxylation sites is 3. The zero-order valence-electron chi connectivity index (χ0n) is 89.1. The molecular weight excluding hydrogens is 1810 g/mol. The molecule has 12 aliphatic rings. The lowest BCUT2D eigenvalue weighted by Crippen LogP contribution is -2.62. The van der Waals surface area contributed by atoms with Crippen molar-refractivity contribution in [1.82, 2.24) is 57.7 Å². The van der Waals surface area contributed by atoms with E-state index in [1.165, 1.54) is 26.2 Å². The number of nitrogens with two attached hydrogens (primary N) is 1. The number of likely N-dealkylation sites (N-methyl/N-ethyl adjacent to an activating group) is 2. The molecule has 6 aromatic rings. The van der Waals surface area contributed by atoms with Gasteiger partial charge in [-0.15, -0.1) is 0 Å². The standard InChI is InChI=1S/2C37H55N5O5.C35H51N5O5.C2H4O.CH4/c2*1-10-39-19-31-32(22(3)43)33(36(45)40-30-18-26-17-29(21(30)2)37(26,4)5)42(47-31)20-23-12-11-13-28(34(23)46-9)24-14-25(35(44)38-6)16-27(15-24)41(7)8;1-19-27-15-24(35(27,3)4)16-28(19)38-34(43)31-30(20(2)41)29(17-36)45-40(31)18-21-10-9-11-26(32(21)44-8)22-12-23(33(42)37-5)14-25(13-22)39(6)7;1-2-3;/h2*11-16,21-22,26,29-33,39,43H,10,17-20H2,1-9H3,(H,38,44)(H,40,45);9-14,19-20,24,27-31,41H,15-18,36H2,1-8H3,(H,37,42)(H,38,43);2H,1H3;1H4/t2*21-,22-,26+,29-,30-,31-,32+,33-;19-,20-,24+,27-,28-,29-,30+,31-;;/m000../s1. The normalized spacial score (nSPS) is 28.2. The van der Waals surface area contributed by atoms with E-state index in [4.69, 9.17) is 39.3 Å². The lowest BCUT2D eigenvalue weighted by atomic mass is 9.45. The van der Waals surface area contributed by atoms with Gasteiger partial charge in [-0.2, -0.15) is 15.2 Å². The average molecular weight is 1980 g/mol. The van der Waals surface area contributed by atoms with Crippen LogP contribution < -0.4 is 77.2 Å². The number of benzene rings is 6. The van der Waals surface area contributed by atoms with Gasteiger partial charge < -0.3 is 97.3 Å². The summed E-state index contributed by atoms with van der Waals surface area (Å²) < 4.78 is 18.1. The summed E-state index contributed by atoms with van der Waals surface area (Å²) in [6.45, 7) is 35.1. The van der Waals surface area contributed by atoms with Crippen LogP contribution in [-0.2, 0) is 53.3 Å². The first-order valence-corrected chi connectivity index (χ1v) is 51.3. The molecule has 0 aromatic heterocycles. The fraction of sp³-hybridized carbons (Fsp3) is 0.616. The van der Waals surface area contributed by atoms with Gasteiger partial charge >= 0.3 is 0 Å². The maximum Gasteiger partial charge on any atom is 0.251 e. The summed E-state index contributed by atoms with van der Waals surface area (Å²) in [4.78, 5) is 115. The maximum atomic E-state index is 14.3. The fourth-order valence-corrected chi connectivity index (χ4v) is 25.0. The molecule has 3 aliphatic heterocycles. The van der Waals surface area contributed by atoms with E-state index in [0.717, 1.165) is 106 Å². The molecule has 3 saturated heterocycles. The van der Waals surface area contributed by atoms with Crippen molar-refractivity contribution >= 4 is 58.8 Å². The van der Waals surface area contributed by atoms with Crippen LogP contribution in [0.25, 0.3) is 33.4 Å². The Hall–Kier alpha value is -9.87. The van der Waals surface area contributed by atoms with Gasteiger partial charge in [0.2, 0.25) is 17.7 Å². The van der Waals surface area contributed by atoms with Crippen molar-refractivity contribution < 1.29 is 77.6 Å². The maximum absolute atomic E-state index is 14.3. The second kappa shape index (κ2) is 48.2. The number of nitrogens with one attached hydrogen (secondary N) is 8. The monoisotopic (exact) mass is 1980 g/mol. The van der Waals surface area contributed by atoms with E-state index in [9.17, 15) is 44.1 Å². The van der Waals surface area contributed by atoms with Crippen molar-refractivity contribution in [2.75, 3.05) is 132 Å². The Balaban J connectivity index is 0.000000201. The van der Waals surface area contributed by atoms with Crippen LogP contribution in [0.4, 0.5) is 17.1 Å². The first kappa shape index (κ1) is 113. The number of nitrogens with zero attached hydrogens (tertiary/aromatic N) is 6. The average Bonchev–Trinajstić information content (AvgIpc) is 1.07. The van der Waals surface area contributed by atoms with Crippen LogP contribution in [0.1, 0.15) is 198 Å². The largest absolute Gasteiger partial charge is 0.496 e. The van der Waals surface area contributed by atoms with Crippen LogP contribution in [0, 0.1) is 87.3 Å². The number of fused-ring (bicyclic) bond motifs is 6. The number of hydroxylamine groups is 6. The molecule has 0 radical (unpaired) electrons. The summed E-state index contributed by atoms with van der Waals surface area (Å²) in [6.07, 6.45) is 3.74. The van der Waals surface area contributed by atoms with Gasteiger partial charge in [-0.05, 0) is 220 Å². The van der Waals surface area contributed by atoms with Crippen molar-refractivity contribution in [2.45, 2.75) is 242 Å². The predicted octanol–water partition coefficient (Wildman–Crippen LogP) is 12.4. The number of methoxy groups -OCH3 is 3. The molecule has 6 aromatic carbocycles. The van der Waals surface area contributed by atoms with E-state index in [1.54, 1.807) is 78.4 Å². The van der Waals surface area contributed by atoms with E-state index in [1.807, 2.05) is 180 Å². The molecule has 18 rings (SSSR count). The molecule has 13 N–H and O–H groups in total. The molecule has 9 saturated carbocycles. The van der Waals surface area contributed by atoms with Crippen molar-refractivity contribution in [2.24, 2.45) is 93.0 Å². The number of carbonyl (C=O) groups excluding carboxylic acids is 7. The van der Waals surface area contributed by atoms with Crippen LogP contribution in [0.15, 0.2) is 109 Å². The number of hydrogen-bond acceptors (Lipinski definition) is 25. The third-order valence-electron chi connectivity index (χ3n) is 33.7. The Morgan fingerprint density at radius 1 is 0.448 bits per heavy atom. The van der Waals surface area contributed by atoms with Gasteiger partial charge in [-0.25, -0.2) is 0 Å². The van der Waals surface area contributed by atoms with Gasteiger partial charge in [0.15, 0.2) is 0 Å². The van der Waals surface area contributed by atoms with Crippen LogP contribution in [-0.4, -0.2) is 263 Å². The van der Waals surface area contributed by atoms with Gasteiger partial charge in [0.1, 0.15) is 41.7 Å². The summed E-state index contributed by atoms with van der Waals surface area (Å²) in [5.41, 5.74) is 18.8. The van der Waals surface area contributed by atoms with Crippen molar-refractivity contribution in [3.05, 3.63) is 143 Å². The highest BCUT2D eigenvalue weighted by Gasteiger charge is 2.62. The zero-order chi connectivity index (χ0) is 104. The highest BCUT2D eigenvalue weighted by molar-refractivity contribution is 5.99. The van der Waals surface area contributed by atoms with Gasteiger partial charge in [-0.3, -0.25) is 43.3 Å². The number of anilines is 3. The number of rotatable bonds is 34. The lowest BCUT2D eigenvalue weighted by Gasteiger charge is -2.62. The fourth-order valence-electron chi connectivity index (χ4n) is 25.0. The Bertz CT molecular complexity index is 5160. The highest BCUT2D eigenvalue weighted by Crippen LogP contribution is 2.64. The number of ether oxygens (including phenoxy) is 3. The van der Waals surface area contributed by atoms with E-state index in [0.29, 0.717) is 117 Å². The second-order valence-corrected chi connectivity index (χ2v) is 43.5. The minimum atomic E-state index is -0.805. The zero-order valence-corrected chi connectivity index (χ0v) is 89.1. The number of aliphatic hydroxyl groups excluding tert-OH is 3. The van der Waals surface area contributed by atoms with Crippen LogP contribution in [0.2, 0.25) is 0 Å². The van der Waals surface area contributed by atoms with Gasteiger partial charge in [0, 0.05) is 186 Å². The van der Waals surface area contributed by atoms with Crippen molar-refractivity contribution in [3.8, 4) is 50.6 Å². The number of hydrogen-bond donors (Lipinski definition) is 12. The Morgan fingerprint density at radius 3 is 0.923 bits per heavy atom. The molecule has 3 heterocycles. The molecule has 788 valence electrons. The molecule has 31 nitrogen and oxygen atoms in total. The summed E-state index contributed by atoms with van der Waals surface area (Å²) in [5, 5.41) is 63.3. The smallest absolute Gasteiger partial charge is 0.251 e. The third kappa shape index (κ3) is 23.9. The topological polar surface area (TPSA) is 377 Å². The van der Waals surface area contributed by atoms with Crippen LogP contribution >= 0.6 is 0 Å². The molecule has 31 heteroatoms. The van der Waals surface area contributed by atoms with Gasteiger partial charge in [0.05, 0.1) is 77.6 Å². The minimum Gasteiger partial charge on any atom is -0.496 e. The number of carbonyl (C=O) groups is 7. The van der Waals surface area contributed by atoms with Crippen LogP contribution in [0.5, 0.6) is 17.2 Å². The molecule has 9 aliphatic carbocycles. The van der Waals surface area contributed by atoms with Crippen LogP contribution in [0.3, 0.4) is 0 Å². The lowest BCUT2D eigenvalue weighted by molar-refractivity contribution is -0.177. The number of amides is 6. The van der Waals surface area contributed by atoms with E-state index in [2.05, 4.69) is 105 Å². The summed E-state index contributed by atoms with van der Waals surface area (Å²) >= 11 is 0. The predicted molar refractivity (Wildman–Crippen MR) is 564 cm³/mol. The molecule has 6 amide bonds. The molecule has 6 bridgehead atoms. The SMILES string of the molecule is C.CC=O.CCNC[C@@H]1ON(Cc2cccc(-c3cc(C(=O)NC)cc(N(C)C)c3)c2OC)[C@H](C(=O)N[C@H]2C[C@H]3C[C@@H]([C@@H]2C)C3(C)C)[C@@H]1[C@H](C)O.CCNC[C@@H]1ON(Cc2cccc(-c3cc(C(=O)NC)cc(N(C)C)c3)c2OC)[C@H](C(=O)N[C@H]2C[C@H]3C[C@@H]([C@@H]2C)C3(C)C)[C@@H]1[C@H](C)O.CNC(=O)c1cc(-c2cccc(CN3O[C@@H](CN)[C@@H]([C@H](C)O)[C@H]3C(=O)N[C@H]3C[C@H]4C[C@@H]([C@@H]3C)C4(C)C)c2OC)cc(N(C)C)c1. The third-order valence-corrected chi connectivity index (χ3v) is 33.7. The number of aliphatic hydroxyl groups is 3.